The van der Waals surface area contributed by atoms with E-state index < -0.39 is 17.2 Å². The summed E-state index contributed by atoms with van der Waals surface area (Å²) in [7, 11) is 0. The van der Waals surface area contributed by atoms with Gasteiger partial charge in [0.2, 0.25) is 0 Å². The van der Waals surface area contributed by atoms with Crippen LogP contribution in [0.5, 0.6) is 0 Å². The van der Waals surface area contributed by atoms with Crippen molar-refractivity contribution in [3.8, 4) is 0 Å². The molecule has 2 heterocycles. The highest BCUT2D eigenvalue weighted by Crippen LogP contribution is 2.49. The minimum absolute atomic E-state index is 0.0830. The van der Waals surface area contributed by atoms with E-state index in [1.807, 2.05) is 0 Å². The Morgan fingerprint density at radius 1 is 1.53 bits per heavy atom. The summed E-state index contributed by atoms with van der Waals surface area (Å²) in [6.07, 6.45) is -0.285. The molecule has 3 rings (SSSR count). The van der Waals surface area contributed by atoms with E-state index in [2.05, 4.69) is 4.99 Å². The van der Waals surface area contributed by atoms with Crippen LogP contribution in [0, 0.1) is 0 Å². The zero-order valence-electron chi connectivity index (χ0n) is 9.74. The van der Waals surface area contributed by atoms with Crippen molar-refractivity contribution < 1.29 is 13.6 Å². The molecule has 0 spiro atoms. The minimum Gasteiger partial charge on any atom is -0.369 e. The van der Waals surface area contributed by atoms with E-state index in [1.165, 1.54) is 23.1 Å². The molecule has 1 aromatic rings. The molecule has 0 saturated carbocycles. The first-order valence-corrected chi connectivity index (χ1v) is 6.10. The highest BCUT2D eigenvalue weighted by molar-refractivity contribution is 6.67. The third-order valence-electron chi connectivity index (χ3n) is 3.48. The van der Waals surface area contributed by atoms with Gasteiger partial charge in [-0.1, -0.05) is 0 Å². The number of nitrogens with zero attached hydrogens (tertiary/aromatic N) is 2. The highest BCUT2D eigenvalue weighted by atomic mass is 35.5. The van der Waals surface area contributed by atoms with E-state index >= 15 is 0 Å². The van der Waals surface area contributed by atoms with Crippen LogP contribution in [-0.4, -0.2) is 28.6 Å². The zero-order chi connectivity index (χ0) is 13.8. The second-order valence-electron chi connectivity index (χ2n) is 4.62. The molecule has 0 bridgehead atoms. The Labute approximate surface area is 112 Å². The second-order valence-corrected chi connectivity index (χ2v) is 4.97. The number of benzene rings is 1. The summed E-state index contributed by atoms with van der Waals surface area (Å²) >= 11 is 5.39. The molecule has 0 radical (unpaired) electrons. The molecule has 2 N–H and O–H groups in total. The van der Waals surface area contributed by atoms with Crippen molar-refractivity contribution in [2.75, 3.05) is 6.54 Å². The summed E-state index contributed by atoms with van der Waals surface area (Å²) in [6.45, 7) is 0.144. The van der Waals surface area contributed by atoms with Crippen LogP contribution in [0.3, 0.4) is 0 Å². The number of rotatable bonds is 1. The van der Waals surface area contributed by atoms with Crippen LogP contribution in [0.2, 0.25) is 0 Å². The topological polar surface area (TPSA) is 58.7 Å². The van der Waals surface area contributed by atoms with Crippen molar-refractivity contribution in [1.29, 1.82) is 0 Å². The van der Waals surface area contributed by atoms with Gasteiger partial charge in [0.25, 0.3) is 11.2 Å². The Kier molecular flexibility index (Phi) is 2.53. The fourth-order valence-corrected chi connectivity index (χ4v) is 2.71. The Balaban J connectivity index is 2.19. The van der Waals surface area contributed by atoms with Crippen molar-refractivity contribution >= 4 is 28.5 Å². The van der Waals surface area contributed by atoms with E-state index in [4.69, 9.17) is 17.3 Å². The van der Waals surface area contributed by atoms with Crippen LogP contribution in [-0.2, 0) is 0 Å². The summed E-state index contributed by atoms with van der Waals surface area (Å²) in [5.41, 5.74) is 6.54. The quantitative estimate of drug-likeness (QED) is 0.806. The van der Waals surface area contributed by atoms with Crippen LogP contribution >= 0.6 is 11.6 Å². The predicted octanol–water partition coefficient (Wildman–Crippen LogP) is 2.41. The summed E-state index contributed by atoms with van der Waals surface area (Å²) in [5.74, 6) is -2.82. The number of hydrogen-bond donors (Lipinski definition) is 1. The normalized spacial score (nSPS) is 23.6. The van der Waals surface area contributed by atoms with Crippen LogP contribution in [0.25, 0.3) is 0 Å². The van der Waals surface area contributed by atoms with Crippen LogP contribution < -0.4 is 5.73 Å². The van der Waals surface area contributed by atoms with Crippen molar-refractivity contribution in [2.45, 2.75) is 18.4 Å². The molecule has 1 fully saturated rings. The molecule has 1 saturated heterocycles. The molecular weight excluding hydrogens is 276 g/mol. The third kappa shape index (κ3) is 1.78. The van der Waals surface area contributed by atoms with Gasteiger partial charge in [-0.2, -0.15) is 0 Å². The number of carbonyl (C=O) groups is 1. The fourth-order valence-electron chi connectivity index (χ4n) is 2.59. The van der Waals surface area contributed by atoms with E-state index in [0.717, 1.165) is 0 Å². The van der Waals surface area contributed by atoms with E-state index in [9.17, 15) is 13.6 Å². The van der Waals surface area contributed by atoms with Gasteiger partial charge in [-0.15, -0.1) is 0 Å². The minimum atomic E-state index is -2.90. The summed E-state index contributed by atoms with van der Waals surface area (Å²) in [4.78, 5) is 16.6. The average Bonchev–Trinajstić information content (AvgIpc) is 2.66. The second kappa shape index (κ2) is 3.90. The summed E-state index contributed by atoms with van der Waals surface area (Å²) in [6, 6.07) is 3.14. The maximum Gasteiger partial charge on any atom is 0.274 e. The molecule has 0 aliphatic carbocycles. The molecule has 19 heavy (non-hydrogen) atoms. The van der Waals surface area contributed by atoms with Crippen LogP contribution in [0.15, 0.2) is 23.2 Å². The van der Waals surface area contributed by atoms with Gasteiger partial charge in [0.05, 0.1) is 5.69 Å². The molecule has 7 heteroatoms. The van der Waals surface area contributed by atoms with Crippen molar-refractivity contribution in [2.24, 2.45) is 10.7 Å². The molecule has 1 aromatic carbocycles. The fraction of sp³-hybridized carbons (Fsp3) is 0.333. The number of fused-ring (bicyclic) bond motifs is 3. The monoisotopic (exact) mass is 285 g/mol. The van der Waals surface area contributed by atoms with Crippen molar-refractivity contribution in [3.63, 3.8) is 0 Å². The lowest BCUT2D eigenvalue weighted by Gasteiger charge is -2.33. The third-order valence-corrected chi connectivity index (χ3v) is 3.69. The molecular formula is C12H10ClF2N3O. The largest absolute Gasteiger partial charge is 0.369 e. The van der Waals surface area contributed by atoms with Gasteiger partial charge < -0.3 is 10.6 Å². The lowest BCUT2D eigenvalue weighted by Crippen LogP contribution is -2.42. The van der Waals surface area contributed by atoms with Crippen LogP contribution in [0.4, 0.5) is 14.5 Å². The average molecular weight is 286 g/mol. The highest BCUT2D eigenvalue weighted by Gasteiger charge is 2.52. The Bertz CT molecular complexity index is 603. The van der Waals surface area contributed by atoms with Crippen LogP contribution in [0.1, 0.15) is 28.4 Å². The van der Waals surface area contributed by atoms with E-state index in [-0.39, 0.29) is 24.5 Å². The summed E-state index contributed by atoms with van der Waals surface area (Å²) in [5, 5.41) is -0.682. The van der Waals surface area contributed by atoms with Crippen molar-refractivity contribution in [1.82, 2.24) is 4.90 Å². The number of carbonyl (C=O) groups excluding carboxylic acids is 1. The maximum atomic E-state index is 14.0. The molecule has 0 unspecified atom stereocenters. The van der Waals surface area contributed by atoms with Crippen molar-refractivity contribution in [3.05, 3.63) is 29.3 Å². The van der Waals surface area contributed by atoms with Gasteiger partial charge in [0, 0.05) is 24.1 Å². The van der Waals surface area contributed by atoms with Gasteiger partial charge in [-0.05, 0) is 29.8 Å². The van der Waals surface area contributed by atoms with E-state index in [1.54, 1.807) is 0 Å². The molecule has 4 nitrogen and oxygen atoms in total. The molecule has 2 aliphatic rings. The van der Waals surface area contributed by atoms with Gasteiger partial charge in [-0.25, -0.2) is 13.8 Å². The van der Waals surface area contributed by atoms with Gasteiger partial charge >= 0.3 is 0 Å². The molecule has 1 atom stereocenters. The number of alkyl halides is 2. The Morgan fingerprint density at radius 3 is 2.95 bits per heavy atom. The summed E-state index contributed by atoms with van der Waals surface area (Å²) < 4.78 is 28.0. The maximum absolute atomic E-state index is 14.0. The molecule has 0 amide bonds. The van der Waals surface area contributed by atoms with E-state index in [0.29, 0.717) is 11.3 Å². The Hall–Kier alpha value is -1.69. The number of hydrogen-bond acceptors (Lipinski definition) is 4. The predicted molar refractivity (Wildman–Crippen MR) is 66.9 cm³/mol. The first-order chi connectivity index (χ1) is 8.90. The lowest BCUT2D eigenvalue weighted by atomic mass is 9.96. The van der Waals surface area contributed by atoms with Gasteiger partial charge in [-0.3, -0.25) is 4.79 Å². The lowest BCUT2D eigenvalue weighted by molar-refractivity contribution is -0.0249. The first kappa shape index (κ1) is 12.3. The molecule has 2 aliphatic heterocycles. The molecule has 0 aromatic heterocycles. The number of nitrogens with two attached hydrogens (primary N) is 1. The van der Waals surface area contributed by atoms with Gasteiger partial charge in [0.15, 0.2) is 5.96 Å². The standard InChI is InChI=1S/C12H10ClF2N3O/c13-10(19)6-1-2-8-7(5-6)9-12(14,15)3-4-18(9)11(16)17-8/h1-2,5,9H,3-4H2,(H2,16,17)/t9-/m1/s1. The SMILES string of the molecule is NC1=Nc2ccc(C(=O)Cl)cc2[C@H]2N1CCC2(F)F. The Morgan fingerprint density at radius 2 is 2.26 bits per heavy atom. The molecule has 100 valence electrons. The number of guanidine groups is 1. The number of aliphatic imine (C=N–C) groups is 1. The smallest absolute Gasteiger partial charge is 0.274 e. The zero-order valence-corrected chi connectivity index (χ0v) is 10.5. The van der Waals surface area contributed by atoms with Gasteiger partial charge in [0.1, 0.15) is 6.04 Å². The number of halogens is 3. The first-order valence-electron chi connectivity index (χ1n) is 5.72.